The van der Waals surface area contributed by atoms with E-state index in [1.807, 2.05) is 0 Å². The van der Waals surface area contributed by atoms with Gasteiger partial charge in [-0.15, -0.1) is 0 Å². The van der Waals surface area contributed by atoms with Gasteiger partial charge in [-0.2, -0.15) is 35.1 Å². The average Bonchev–Trinajstić information content (AvgIpc) is 1.58. The van der Waals surface area contributed by atoms with Crippen molar-refractivity contribution in [2.45, 2.75) is 18.3 Å². The summed E-state index contributed by atoms with van der Waals surface area (Å²) in [5.74, 6) is -6.62. The van der Waals surface area contributed by atoms with Gasteiger partial charge in [0.1, 0.15) is 0 Å². The summed E-state index contributed by atoms with van der Waals surface area (Å²) in [6.07, 6.45) is -13.2. The summed E-state index contributed by atoms with van der Waals surface area (Å²) >= 11 is 0. The van der Waals surface area contributed by atoms with Gasteiger partial charge in [0.05, 0.1) is 0 Å². The molecule has 0 aliphatic carbocycles. The predicted molar refractivity (Wildman–Crippen MR) is 20.7 cm³/mol. The molecule has 0 saturated carbocycles. The van der Waals surface area contributed by atoms with Gasteiger partial charge in [-0.25, -0.2) is 0 Å². The van der Waals surface area contributed by atoms with E-state index >= 15 is 0 Å². The number of halogens is 8. The molecule has 0 heterocycles. The molecule has 9 heteroatoms. The van der Waals surface area contributed by atoms with Gasteiger partial charge in [-0.05, 0) is 0 Å². The minimum Gasteiger partial charge on any atom is -0.412 e. The SMILES string of the molecule is FC(F)(F)C(F)(F)C(F)(F)F.O. The molecule has 2 N–H and O–H groups in total. The maximum absolute atomic E-state index is 11.2. The monoisotopic (exact) mass is 206 g/mol. The van der Waals surface area contributed by atoms with E-state index in [-0.39, 0.29) is 5.48 Å². The quantitative estimate of drug-likeness (QED) is 0.542. The van der Waals surface area contributed by atoms with Crippen LogP contribution in [-0.2, 0) is 0 Å². The molecule has 0 fully saturated rings. The summed E-state index contributed by atoms with van der Waals surface area (Å²) < 4.78 is 87.5. The average molecular weight is 206 g/mol. The van der Waals surface area contributed by atoms with Crippen LogP contribution in [0.3, 0.4) is 0 Å². The molecule has 12 heavy (non-hydrogen) atoms. The molecule has 0 radical (unpaired) electrons. The largest absolute Gasteiger partial charge is 0.463 e. The first-order valence-electron chi connectivity index (χ1n) is 2.01. The third-order valence-corrected chi connectivity index (χ3v) is 0.712. The van der Waals surface area contributed by atoms with Crippen molar-refractivity contribution in [2.75, 3.05) is 0 Å². The van der Waals surface area contributed by atoms with Crippen LogP contribution in [0.5, 0.6) is 0 Å². The topological polar surface area (TPSA) is 31.5 Å². The summed E-state index contributed by atoms with van der Waals surface area (Å²) in [7, 11) is 0. The predicted octanol–water partition coefficient (Wildman–Crippen LogP) is 1.92. The summed E-state index contributed by atoms with van der Waals surface area (Å²) in [6, 6.07) is 0. The van der Waals surface area contributed by atoms with E-state index in [0.717, 1.165) is 0 Å². The van der Waals surface area contributed by atoms with E-state index in [0.29, 0.717) is 0 Å². The first-order chi connectivity index (χ1) is 4.50. The Morgan fingerprint density at radius 1 is 0.500 bits per heavy atom. The van der Waals surface area contributed by atoms with Crippen LogP contribution in [0.15, 0.2) is 0 Å². The van der Waals surface area contributed by atoms with Crippen molar-refractivity contribution in [1.29, 1.82) is 0 Å². The summed E-state index contributed by atoms with van der Waals surface area (Å²) in [5.41, 5.74) is 0. The van der Waals surface area contributed by atoms with Gasteiger partial charge in [0.15, 0.2) is 0 Å². The standard InChI is InChI=1S/C3F8.H2O/c4-1(5,2(6,7)8)3(9,10)11;/h;1H2. The molecule has 0 aromatic heterocycles. The van der Waals surface area contributed by atoms with Crippen molar-refractivity contribution in [3.8, 4) is 0 Å². The Balaban J connectivity index is 0. The highest BCUT2D eigenvalue weighted by Gasteiger charge is 2.74. The van der Waals surface area contributed by atoms with Crippen molar-refractivity contribution < 1.29 is 40.6 Å². The molecule has 0 rings (SSSR count). The molecule has 0 unspecified atom stereocenters. The first kappa shape index (κ1) is 14.0. The maximum Gasteiger partial charge on any atom is 0.463 e. The Morgan fingerprint density at radius 2 is 0.667 bits per heavy atom. The maximum atomic E-state index is 11.2. The zero-order valence-electron chi connectivity index (χ0n) is 5.02. The number of hydrogen-bond donors (Lipinski definition) is 0. The van der Waals surface area contributed by atoms with Crippen molar-refractivity contribution >= 4 is 0 Å². The Bertz CT molecular complexity index is 125. The highest BCUT2D eigenvalue weighted by molar-refractivity contribution is 4.83. The minimum absolute atomic E-state index is 0. The zero-order valence-corrected chi connectivity index (χ0v) is 5.02. The number of rotatable bonds is 0. The van der Waals surface area contributed by atoms with Gasteiger partial charge < -0.3 is 5.48 Å². The van der Waals surface area contributed by atoms with Gasteiger partial charge in [0.2, 0.25) is 0 Å². The van der Waals surface area contributed by atoms with Crippen molar-refractivity contribution in [3.05, 3.63) is 0 Å². The van der Waals surface area contributed by atoms with Gasteiger partial charge >= 0.3 is 18.3 Å². The molecule has 0 atom stereocenters. The lowest BCUT2D eigenvalue weighted by atomic mass is 10.3. The molecule has 0 bridgehead atoms. The Morgan fingerprint density at radius 3 is 0.667 bits per heavy atom. The van der Waals surface area contributed by atoms with E-state index in [9.17, 15) is 35.1 Å². The molecule has 0 saturated heterocycles. The van der Waals surface area contributed by atoms with Gasteiger partial charge in [-0.3, -0.25) is 0 Å². The fraction of sp³-hybridized carbons (Fsp3) is 1.00. The smallest absolute Gasteiger partial charge is 0.412 e. The van der Waals surface area contributed by atoms with Crippen LogP contribution in [-0.4, -0.2) is 23.8 Å². The van der Waals surface area contributed by atoms with Crippen LogP contribution in [0.25, 0.3) is 0 Å². The first-order valence-corrected chi connectivity index (χ1v) is 2.01. The van der Waals surface area contributed by atoms with E-state index in [1.165, 1.54) is 0 Å². The molecule has 0 aromatic rings. The zero-order chi connectivity index (χ0) is 9.50. The van der Waals surface area contributed by atoms with E-state index in [4.69, 9.17) is 0 Å². The molecular formula is C3H2F8O. The second-order valence-corrected chi connectivity index (χ2v) is 1.57. The highest BCUT2D eigenvalue weighted by atomic mass is 19.5. The normalized spacial score (nSPS) is 14.0. The Hall–Kier alpha value is -0.600. The molecule has 0 amide bonds. The summed E-state index contributed by atoms with van der Waals surface area (Å²) in [5, 5.41) is 0. The molecule has 0 aromatic carbocycles. The Kier molecular flexibility index (Phi) is 3.53. The van der Waals surface area contributed by atoms with Crippen molar-refractivity contribution in [1.82, 2.24) is 0 Å². The molecule has 0 aliphatic rings. The Labute approximate surface area is 60.3 Å². The number of alkyl halides is 8. The molecular weight excluding hydrogens is 204 g/mol. The van der Waals surface area contributed by atoms with Gasteiger partial charge in [0.25, 0.3) is 0 Å². The van der Waals surface area contributed by atoms with Crippen LogP contribution >= 0.6 is 0 Å². The van der Waals surface area contributed by atoms with Crippen LogP contribution in [0.4, 0.5) is 35.1 Å². The lowest BCUT2D eigenvalue weighted by Crippen LogP contribution is -2.49. The van der Waals surface area contributed by atoms with E-state index in [1.54, 1.807) is 0 Å². The van der Waals surface area contributed by atoms with Crippen LogP contribution in [0, 0.1) is 0 Å². The highest BCUT2D eigenvalue weighted by Crippen LogP contribution is 2.46. The lowest BCUT2D eigenvalue weighted by Gasteiger charge is -2.21. The second-order valence-electron chi connectivity index (χ2n) is 1.57. The second kappa shape index (κ2) is 3.04. The minimum atomic E-state index is -6.62. The van der Waals surface area contributed by atoms with Crippen LogP contribution < -0.4 is 0 Å². The number of hydrogen-bond acceptors (Lipinski definition) is 0. The third kappa shape index (κ3) is 2.19. The summed E-state index contributed by atoms with van der Waals surface area (Å²) in [4.78, 5) is 0. The molecule has 1 nitrogen and oxygen atoms in total. The molecule has 0 spiro atoms. The molecule has 0 aliphatic heterocycles. The van der Waals surface area contributed by atoms with Gasteiger partial charge in [-0.1, -0.05) is 0 Å². The third-order valence-electron chi connectivity index (χ3n) is 0.712. The van der Waals surface area contributed by atoms with Crippen LogP contribution in [0.2, 0.25) is 0 Å². The van der Waals surface area contributed by atoms with Crippen LogP contribution in [0.1, 0.15) is 0 Å². The summed E-state index contributed by atoms with van der Waals surface area (Å²) in [6.45, 7) is 0. The van der Waals surface area contributed by atoms with Crippen molar-refractivity contribution in [2.24, 2.45) is 0 Å². The van der Waals surface area contributed by atoms with Gasteiger partial charge in [0, 0.05) is 0 Å². The van der Waals surface area contributed by atoms with E-state index in [2.05, 4.69) is 0 Å². The fourth-order valence-electron chi connectivity index (χ4n) is 0.161. The fourth-order valence-corrected chi connectivity index (χ4v) is 0.161. The lowest BCUT2D eigenvalue weighted by molar-refractivity contribution is -0.389. The van der Waals surface area contributed by atoms with E-state index < -0.39 is 18.3 Å². The van der Waals surface area contributed by atoms with Crippen molar-refractivity contribution in [3.63, 3.8) is 0 Å². The molecule has 76 valence electrons.